The van der Waals surface area contributed by atoms with Gasteiger partial charge in [-0.15, -0.1) is 0 Å². The first-order chi connectivity index (χ1) is 11.0. The van der Waals surface area contributed by atoms with Crippen LogP contribution in [-0.4, -0.2) is 53.0 Å². The van der Waals surface area contributed by atoms with E-state index in [0.717, 1.165) is 25.2 Å². The van der Waals surface area contributed by atoms with E-state index in [0.29, 0.717) is 18.1 Å². The number of halogens is 1. The van der Waals surface area contributed by atoms with Crippen LogP contribution in [0.25, 0.3) is 0 Å². The van der Waals surface area contributed by atoms with Gasteiger partial charge in [0.05, 0.1) is 0 Å². The number of carbonyl (C=O) groups is 2. The fourth-order valence-corrected chi connectivity index (χ4v) is 2.85. The van der Waals surface area contributed by atoms with Crippen molar-refractivity contribution in [3.8, 4) is 0 Å². The Hall–Kier alpha value is -1.59. The van der Waals surface area contributed by atoms with E-state index in [9.17, 15) is 9.59 Å². The van der Waals surface area contributed by atoms with Gasteiger partial charge in [-0.1, -0.05) is 23.7 Å². The van der Waals surface area contributed by atoms with Crippen molar-refractivity contribution in [2.45, 2.75) is 26.3 Å². The topological polar surface area (TPSA) is 60.9 Å². The van der Waals surface area contributed by atoms with Gasteiger partial charge < -0.3 is 14.9 Å². The van der Waals surface area contributed by atoms with Crippen molar-refractivity contribution in [1.29, 1.82) is 0 Å². The molecule has 1 N–H and O–H groups in total. The number of nitrogens with zero attached hydrogens (tertiary/aromatic N) is 2. The Morgan fingerprint density at radius 2 is 1.87 bits per heavy atom. The SMILES string of the molecule is CC(C(=O)O)C(=O)N(CCN1CCCC1)Cc1ccc(Cl)cc1. The Kier molecular flexibility index (Phi) is 6.42. The second-order valence-electron chi connectivity index (χ2n) is 5.99. The molecule has 23 heavy (non-hydrogen) atoms. The van der Waals surface area contributed by atoms with E-state index in [-0.39, 0.29) is 5.91 Å². The van der Waals surface area contributed by atoms with E-state index in [1.807, 2.05) is 12.1 Å². The molecule has 1 unspecified atom stereocenters. The maximum atomic E-state index is 12.5. The van der Waals surface area contributed by atoms with Crippen LogP contribution in [0.1, 0.15) is 25.3 Å². The summed E-state index contributed by atoms with van der Waals surface area (Å²) in [4.78, 5) is 27.5. The molecule has 1 heterocycles. The Balaban J connectivity index is 2.04. The molecule has 1 atom stereocenters. The normalized spacial score (nSPS) is 16.3. The second-order valence-corrected chi connectivity index (χ2v) is 6.43. The van der Waals surface area contributed by atoms with Crippen molar-refractivity contribution < 1.29 is 14.7 Å². The number of likely N-dealkylation sites (tertiary alicyclic amines) is 1. The number of carboxylic acids is 1. The van der Waals surface area contributed by atoms with E-state index in [4.69, 9.17) is 16.7 Å². The number of amides is 1. The Labute approximate surface area is 141 Å². The summed E-state index contributed by atoms with van der Waals surface area (Å²) < 4.78 is 0. The summed E-state index contributed by atoms with van der Waals surface area (Å²) in [6.07, 6.45) is 2.38. The molecule has 1 saturated heterocycles. The molecule has 1 aliphatic rings. The van der Waals surface area contributed by atoms with Crippen LogP contribution < -0.4 is 0 Å². The van der Waals surface area contributed by atoms with Crippen LogP contribution in [0.15, 0.2) is 24.3 Å². The van der Waals surface area contributed by atoms with Crippen molar-refractivity contribution in [3.63, 3.8) is 0 Å². The predicted octanol–water partition coefficient (Wildman–Crippen LogP) is 2.49. The van der Waals surface area contributed by atoms with Gasteiger partial charge in [0.15, 0.2) is 0 Å². The van der Waals surface area contributed by atoms with Crippen LogP contribution in [0.5, 0.6) is 0 Å². The summed E-state index contributed by atoms with van der Waals surface area (Å²) in [6, 6.07) is 7.29. The third kappa shape index (κ3) is 5.22. The van der Waals surface area contributed by atoms with Gasteiger partial charge in [0.2, 0.25) is 5.91 Å². The highest BCUT2D eigenvalue weighted by Gasteiger charge is 2.26. The molecule has 1 aromatic carbocycles. The molecule has 1 aromatic rings. The van der Waals surface area contributed by atoms with Crippen molar-refractivity contribution in [2.75, 3.05) is 26.2 Å². The number of aliphatic carboxylic acids is 1. The van der Waals surface area contributed by atoms with Crippen molar-refractivity contribution in [1.82, 2.24) is 9.80 Å². The highest BCUT2D eigenvalue weighted by Crippen LogP contribution is 2.14. The maximum absolute atomic E-state index is 12.5. The molecule has 1 fully saturated rings. The van der Waals surface area contributed by atoms with Gasteiger partial charge in [-0.05, 0) is 50.6 Å². The lowest BCUT2D eigenvalue weighted by Gasteiger charge is -2.27. The van der Waals surface area contributed by atoms with Gasteiger partial charge in [0.25, 0.3) is 0 Å². The van der Waals surface area contributed by atoms with E-state index >= 15 is 0 Å². The molecule has 0 saturated carbocycles. The minimum Gasteiger partial charge on any atom is -0.481 e. The van der Waals surface area contributed by atoms with Crippen LogP contribution in [0.3, 0.4) is 0 Å². The number of carboxylic acid groups (broad SMARTS) is 1. The third-order valence-electron chi connectivity index (χ3n) is 4.22. The maximum Gasteiger partial charge on any atom is 0.315 e. The average molecular weight is 339 g/mol. The molecule has 0 bridgehead atoms. The number of benzene rings is 1. The minimum absolute atomic E-state index is 0.341. The molecule has 1 aliphatic heterocycles. The van der Waals surface area contributed by atoms with Crippen LogP contribution in [0.2, 0.25) is 5.02 Å². The zero-order chi connectivity index (χ0) is 16.8. The standard InChI is InChI=1S/C17H23ClN2O3/c1-13(17(22)23)16(21)20(11-10-19-8-2-3-9-19)12-14-4-6-15(18)7-5-14/h4-7,13H,2-3,8-12H2,1H3,(H,22,23). The third-order valence-corrected chi connectivity index (χ3v) is 4.48. The first kappa shape index (κ1) is 17.8. The number of rotatable bonds is 7. The van der Waals surface area contributed by atoms with Crippen LogP contribution >= 0.6 is 11.6 Å². The number of hydrogen-bond donors (Lipinski definition) is 1. The molecule has 0 aromatic heterocycles. The molecule has 126 valence electrons. The van der Waals surface area contributed by atoms with Gasteiger partial charge in [-0.3, -0.25) is 9.59 Å². The summed E-state index contributed by atoms with van der Waals surface area (Å²) in [7, 11) is 0. The van der Waals surface area contributed by atoms with E-state index in [2.05, 4.69) is 4.90 Å². The van der Waals surface area contributed by atoms with Crippen molar-refractivity contribution in [3.05, 3.63) is 34.9 Å². The van der Waals surface area contributed by atoms with Crippen LogP contribution in [0.4, 0.5) is 0 Å². The lowest BCUT2D eigenvalue weighted by Crippen LogP contribution is -2.41. The lowest BCUT2D eigenvalue weighted by atomic mass is 10.1. The van der Waals surface area contributed by atoms with Crippen LogP contribution in [0, 0.1) is 5.92 Å². The van der Waals surface area contributed by atoms with E-state index in [1.54, 1.807) is 17.0 Å². The second kappa shape index (κ2) is 8.31. The molecule has 0 radical (unpaired) electrons. The highest BCUT2D eigenvalue weighted by molar-refractivity contribution is 6.30. The zero-order valence-corrected chi connectivity index (χ0v) is 14.1. The van der Waals surface area contributed by atoms with Crippen molar-refractivity contribution >= 4 is 23.5 Å². The Bertz CT molecular complexity index is 541. The quantitative estimate of drug-likeness (QED) is 0.776. The van der Waals surface area contributed by atoms with Crippen molar-refractivity contribution in [2.24, 2.45) is 5.92 Å². The summed E-state index contributed by atoms with van der Waals surface area (Å²) in [5, 5.41) is 9.75. The molecule has 0 spiro atoms. The summed E-state index contributed by atoms with van der Waals surface area (Å²) in [5.41, 5.74) is 0.946. The van der Waals surface area contributed by atoms with Gasteiger partial charge in [0.1, 0.15) is 5.92 Å². The summed E-state index contributed by atoms with van der Waals surface area (Å²) in [5.74, 6) is -2.45. The number of carbonyl (C=O) groups excluding carboxylic acids is 1. The minimum atomic E-state index is -1.09. The fourth-order valence-electron chi connectivity index (χ4n) is 2.73. The monoisotopic (exact) mass is 338 g/mol. The summed E-state index contributed by atoms with van der Waals surface area (Å²) in [6.45, 7) is 5.27. The van der Waals surface area contributed by atoms with Gasteiger partial charge in [-0.25, -0.2) is 0 Å². The first-order valence-electron chi connectivity index (χ1n) is 7.96. The molecule has 6 heteroatoms. The lowest BCUT2D eigenvalue weighted by molar-refractivity contribution is -0.150. The molecule has 0 aliphatic carbocycles. The predicted molar refractivity (Wildman–Crippen MR) is 89.3 cm³/mol. The molecule has 1 amide bonds. The van der Waals surface area contributed by atoms with Gasteiger partial charge >= 0.3 is 5.97 Å². The van der Waals surface area contributed by atoms with Crippen LogP contribution in [-0.2, 0) is 16.1 Å². The Morgan fingerprint density at radius 1 is 1.26 bits per heavy atom. The highest BCUT2D eigenvalue weighted by atomic mass is 35.5. The van der Waals surface area contributed by atoms with E-state index in [1.165, 1.54) is 19.8 Å². The molecular formula is C17H23ClN2O3. The molecule has 2 rings (SSSR count). The van der Waals surface area contributed by atoms with Gasteiger partial charge in [-0.2, -0.15) is 0 Å². The zero-order valence-electron chi connectivity index (χ0n) is 13.4. The smallest absolute Gasteiger partial charge is 0.315 e. The number of hydrogen-bond acceptors (Lipinski definition) is 3. The average Bonchev–Trinajstić information content (AvgIpc) is 3.05. The summed E-state index contributed by atoms with van der Waals surface area (Å²) >= 11 is 5.89. The van der Waals surface area contributed by atoms with E-state index < -0.39 is 11.9 Å². The largest absolute Gasteiger partial charge is 0.481 e. The Morgan fingerprint density at radius 3 is 2.43 bits per heavy atom. The van der Waals surface area contributed by atoms with Gasteiger partial charge in [0, 0.05) is 24.7 Å². The molecular weight excluding hydrogens is 316 g/mol. The first-order valence-corrected chi connectivity index (χ1v) is 8.33. The molecule has 5 nitrogen and oxygen atoms in total. The fraction of sp³-hybridized carbons (Fsp3) is 0.529.